The van der Waals surface area contributed by atoms with Crippen molar-refractivity contribution in [1.29, 1.82) is 0 Å². The van der Waals surface area contributed by atoms with E-state index in [1.165, 1.54) is 12.1 Å². The highest BCUT2D eigenvalue weighted by Crippen LogP contribution is 2.12. The minimum Gasteiger partial charge on any atom is -0.465 e. The number of carbonyl (C=O) groups is 1. The predicted octanol–water partition coefficient (Wildman–Crippen LogP) is 0.0147. The molecule has 0 atom stereocenters. The van der Waals surface area contributed by atoms with Crippen molar-refractivity contribution >= 4 is 16.0 Å². The molecule has 1 aliphatic rings. The zero-order valence-corrected chi connectivity index (χ0v) is 14.1. The second-order valence-corrected chi connectivity index (χ2v) is 7.11. The molecule has 128 valence electrons. The van der Waals surface area contributed by atoms with E-state index < -0.39 is 10.0 Å². The zero-order chi connectivity index (χ0) is 16.9. The fraction of sp³-hybridized carbons (Fsp3) is 0.533. The number of rotatable bonds is 6. The van der Waals surface area contributed by atoms with Crippen LogP contribution >= 0.6 is 0 Å². The van der Waals surface area contributed by atoms with Crippen LogP contribution in [0, 0.1) is 0 Å². The number of nitrogens with zero attached hydrogens (tertiary/aromatic N) is 2. The first-order chi connectivity index (χ1) is 10.9. The van der Waals surface area contributed by atoms with Gasteiger partial charge in [-0.1, -0.05) is 12.1 Å². The largest absolute Gasteiger partial charge is 0.465 e. The Bertz CT molecular complexity index is 623. The van der Waals surface area contributed by atoms with E-state index in [2.05, 4.69) is 9.80 Å². The molecule has 1 aromatic rings. The maximum absolute atomic E-state index is 11.5. The first kappa shape index (κ1) is 17.9. The third kappa shape index (κ3) is 5.58. The maximum Gasteiger partial charge on any atom is 0.320 e. The number of nitrogens with two attached hydrogens (primary N) is 1. The Balaban J connectivity index is 1.81. The molecule has 1 aliphatic heterocycles. The van der Waals surface area contributed by atoms with Gasteiger partial charge in [0, 0.05) is 32.7 Å². The first-order valence-corrected chi connectivity index (χ1v) is 9.15. The van der Waals surface area contributed by atoms with E-state index in [4.69, 9.17) is 9.88 Å². The summed E-state index contributed by atoms with van der Waals surface area (Å²) in [6.45, 7) is 6.64. The first-order valence-electron chi connectivity index (χ1n) is 7.60. The average molecular weight is 341 g/mol. The summed E-state index contributed by atoms with van der Waals surface area (Å²) in [5.41, 5.74) is 1.04. The number of esters is 1. The van der Waals surface area contributed by atoms with Crippen LogP contribution in [0.1, 0.15) is 12.5 Å². The molecule has 1 fully saturated rings. The minimum atomic E-state index is -3.64. The van der Waals surface area contributed by atoms with E-state index in [1.807, 2.05) is 0 Å². The molecule has 0 bridgehead atoms. The summed E-state index contributed by atoms with van der Waals surface area (Å²) in [4.78, 5) is 15.9. The molecule has 0 saturated carbocycles. The van der Waals surface area contributed by atoms with Crippen LogP contribution in [0.25, 0.3) is 0 Å². The Kier molecular flexibility index (Phi) is 6.11. The normalized spacial score (nSPS) is 17.1. The summed E-state index contributed by atoms with van der Waals surface area (Å²) >= 11 is 0. The lowest BCUT2D eigenvalue weighted by molar-refractivity contribution is -0.144. The van der Waals surface area contributed by atoms with Crippen molar-refractivity contribution in [2.24, 2.45) is 5.14 Å². The second-order valence-electron chi connectivity index (χ2n) is 5.55. The van der Waals surface area contributed by atoms with Gasteiger partial charge in [0.05, 0.1) is 18.0 Å². The molecule has 0 amide bonds. The van der Waals surface area contributed by atoms with Crippen molar-refractivity contribution < 1.29 is 17.9 Å². The molecule has 1 aromatic carbocycles. The molecule has 1 saturated heterocycles. The van der Waals surface area contributed by atoms with E-state index in [0.717, 1.165) is 38.3 Å². The highest BCUT2D eigenvalue weighted by atomic mass is 32.2. The van der Waals surface area contributed by atoms with Crippen molar-refractivity contribution in [3.63, 3.8) is 0 Å². The lowest BCUT2D eigenvalue weighted by Gasteiger charge is -2.34. The Morgan fingerprint density at radius 2 is 1.70 bits per heavy atom. The molecule has 0 spiro atoms. The third-order valence-corrected chi connectivity index (χ3v) is 4.71. The number of hydrogen-bond donors (Lipinski definition) is 1. The van der Waals surface area contributed by atoms with Gasteiger partial charge in [-0.15, -0.1) is 0 Å². The topological polar surface area (TPSA) is 92.9 Å². The monoisotopic (exact) mass is 341 g/mol. The third-order valence-electron chi connectivity index (χ3n) is 3.78. The summed E-state index contributed by atoms with van der Waals surface area (Å²) in [6.07, 6.45) is 0. The van der Waals surface area contributed by atoms with Crippen molar-refractivity contribution in [2.75, 3.05) is 39.3 Å². The molecule has 8 heteroatoms. The van der Waals surface area contributed by atoms with Gasteiger partial charge in [0.2, 0.25) is 10.0 Å². The van der Waals surface area contributed by atoms with Gasteiger partial charge in [-0.05, 0) is 24.6 Å². The van der Waals surface area contributed by atoms with E-state index in [-0.39, 0.29) is 10.9 Å². The Labute approximate surface area is 137 Å². The molecule has 0 aromatic heterocycles. The van der Waals surface area contributed by atoms with Crippen LogP contribution < -0.4 is 5.14 Å². The van der Waals surface area contributed by atoms with Gasteiger partial charge in [0.15, 0.2) is 0 Å². The summed E-state index contributed by atoms with van der Waals surface area (Å²) < 4.78 is 27.4. The molecular formula is C15H23N3O4S. The van der Waals surface area contributed by atoms with Crippen LogP contribution in [0.5, 0.6) is 0 Å². The molecule has 23 heavy (non-hydrogen) atoms. The van der Waals surface area contributed by atoms with Gasteiger partial charge in [0.25, 0.3) is 0 Å². The van der Waals surface area contributed by atoms with Crippen LogP contribution in [-0.4, -0.2) is 63.5 Å². The fourth-order valence-corrected chi connectivity index (χ4v) is 3.05. The van der Waals surface area contributed by atoms with Gasteiger partial charge >= 0.3 is 5.97 Å². The van der Waals surface area contributed by atoms with E-state index >= 15 is 0 Å². The molecule has 0 unspecified atom stereocenters. The molecule has 0 aliphatic carbocycles. The Morgan fingerprint density at radius 3 is 2.22 bits per heavy atom. The minimum absolute atomic E-state index is 0.125. The standard InChI is InChI=1S/C15H23N3O4S/c1-2-22-15(19)12-18-9-7-17(8-10-18)11-13-3-5-14(6-4-13)23(16,20)21/h3-6H,2,7-12H2,1H3,(H2,16,20,21). The molecular weight excluding hydrogens is 318 g/mol. The summed E-state index contributed by atoms with van der Waals surface area (Å²) in [6, 6.07) is 6.62. The number of ether oxygens (including phenoxy) is 1. The van der Waals surface area contributed by atoms with Crippen molar-refractivity contribution in [3.8, 4) is 0 Å². The number of sulfonamides is 1. The molecule has 2 N–H and O–H groups in total. The SMILES string of the molecule is CCOC(=O)CN1CCN(Cc2ccc(S(N)(=O)=O)cc2)CC1. The number of hydrogen-bond acceptors (Lipinski definition) is 6. The number of carbonyl (C=O) groups excluding carboxylic acids is 1. The van der Waals surface area contributed by atoms with E-state index in [1.54, 1.807) is 19.1 Å². The summed E-state index contributed by atoms with van der Waals surface area (Å²) in [5.74, 6) is -0.181. The molecule has 2 rings (SSSR count). The smallest absolute Gasteiger partial charge is 0.320 e. The summed E-state index contributed by atoms with van der Waals surface area (Å²) in [7, 11) is -3.64. The van der Waals surface area contributed by atoms with Gasteiger partial charge in [-0.2, -0.15) is 0 Å². The quantitative estimate of drug-likeness (QED) is 0.733. The van der Waals surface area contributed by atoms with Crippen LogP contribution in [-0.2, 0) is 26.1 Å². The Hall–Kier alpha value is -1.48. The highest BCUT2D eigenvalue weighted by molar-refractivity contribution is 7.89. The molecule has 1 heterocycles. The second kappa shape index (κ2) is 7.87. The molecule has 7 nitrogen and oxygen atoms in total. The highest BCUT2D eigenvalue weighted by Gasteiger charge is 2.19. The van der Waals surface area contributed by atoms with Gasteiger partial charge in [-0.3, -0.25) is 14.6 Å². The van der Waals surface area contributed by atoms with Gasteiger partial charge < -0.3 is 4.74 Å². The summed E-state index contributed by atoms with van der Waals surface area (Å²) in [5, 5.41) is 5.09. The van der Waals surface area contributed by atoms with E-state index in [9.17, 15) is 13.2 Å². The predicted molar refractivity (Wildman–Crippen MR) is 86.2 cm³/mol. The number of primary sulfonamides is 1. The van der Waals surface area contributed by atoms with E-state index in [0.29, 0.717) is 13.2 Å². The average Bonchev–Trinajstić information content (AvgIpc) is 2.49. The van der Waals surface area contributed by atoms with Crippen molar-refractivity contribution in [2.45, 2.75) is 18.4 Å². The number of piperazine rings is 1. The Morgan fingerprint density at radius 1 is 1.13 bits per heavy atom. The fourth-order valence-electron chi connectivity index (χ4n) is 2.54. The van der Waals surface area contributed by atoms with Crippen molar-refractivity contribution in [1.82, 2.24) is 9.80 Å². The van der Waals surface area contributed by atoms with Crippen molar-refractivity contribution in [3.05, 3.63) is 29.8 Å². The van der Waals surface area contributed by atoms with Crippen LogP contribution in [0.3, 0.4) is 0 Å². The van der Waals surface area contributed by atoms with Crippen LogP contribution in [0.4, 0.5) is 0 Å². The van der Waals surface area contributed by atoms with Crippen LogP contribution in [0.2, 0.25) is 0 Å². The lowest BCUT2D eigenvalue weighted by Crippen LogP contribution is -2.47. The lowest BCUT2D eigenvalue weighted by atomic mass is 10.2. The van der Waals surface area contributed by atoms with Gasteiger partial charge in [-0.25, -0.2) is 13.6 Å². The zero-order valence-electron chi connectivity index (χ0n) is 13.3. The maximum atomic E-state index is 11.5. The number of benzene rings is 1. The van der Waals surface area contributed by atoms with Gasteiger partial charge in [0.1, 0.15) is 0 Å². The molecule has 0 radical (unpaired) electrons. The van der Waals surface area contributed by atoms with Crippen LogP contribution in [0.15, 0.2) is 29.2 Å².